The van der Waals surface area contributed by atoms with Crippen LogP contribution in [-0.4, -0.2) is 32.5 Å². The summed E-state index contributed by atoms with van der Waals surface area (Å²) in [5, 5.41) is 10.4. The number of hydroxylamine groups is 1. The van der Waals surface area contributed by atoms with Crippen molar-refractivity contribution in [1.82, 2.24) is 20.3 Å². The summed E-state index contributed by atoms with van der Waals surface area (Å²) in [6, 6.07) is 13.3. The number of aromatic nitrogens is 2. The van der Waals surface area contributed by atoms with Crippen molar-refractivity contribution in [3.8, 4) is 0 Å². The molecule has 2 heterocycles. The first-order valence-electron chi connectivity index (χ1n) is 11.6. The number of hydrogen-bond donors (Lipinski definition) is 4. The molecule has 0 spiro atoms. The first-order chi connectivity index (χ1) is 17.0. The van der Waals surface area contributed by atoms with Gasteiger partial charge in [0.2, 0.25) is 0 Å². The summed E-state index contributed by atoms with van der Waals surface area (Å²) in [5.41, 5.74) is 8.10. The molecule has 1 aliphatic carbocycles. The summed E-state index contributed by atoms with van der Waals surface area (Å²) in [7, 11) is 0. The molecule has 0 aliphatic heterocycles. The van der Waals surface area contributed by atoms with Gasteiger partial charge in [-0.15, -0.1) is 0 Å². The van der Waals surface area contributed by atoms with E-state index >= 15 is 0 Å². The fourth-order valence-corrected chi connectivity index (χ4v) is 5.19. The summed E-state index contributed by atoms with van der Waals surface area (Å²) in [6.07, 6.45) is 9.53. The van der Waals surface area contributed by atoms with Crippen molar-refractivity contribution in [1.29, 1.82) is 0 Å². The number of amides is 1. The second-order valence-corrected chi connectivity index (χ2v) is 9.33. The molecule has 0 saturated heterocycles. The number of nitrogens with one attached hydrogen (secondary N) is 3. The number of halogens is 2. The molecule has 1 amide bonds. The van der Waals surface area contributed by atoms with Gasteiger partial charge in [-0.2, -0.15) is 0 Å². The van der Waals surface area contributed by atoms with E-state index in [1.165, 1.54) is 29.3 Å². The molecule has 5 rings (SSSR count). The van der Waals surface area contributed by atoms with Gasteiger partial charge < -0.3 is 9.97 Å². The molecule has 0 fully saturated rings. The van der Waals surface area contributed by atoms with E-state index < -0.39 is 5.91 Å². The van der Waals surface area contributed by atoms with Crippen LogP contribution in [0.3, 0.4) is 0 Å². The zero-order chi connectivity index (χ0) is 24.4. The largest absolute Gasteiger partial charge is 0.363 e. The van der Waals surface area contributed by atoms with Crippen molar-refractivity contribution in [3.05, 3.63) is 99.7 Å². The fourth-order valence-electron chi connectivity index (χ4n) is 5.00. The molecule has 0 saturated carbocycles. The Kier molecular flexibility index (Phi) is 6.72. The number of rotatable bonds is 8. The van der Waals surface area contributed by atoms with Crippen LogP contribution in [0.4, 0.5) is 4.39 Å². The second kappa shape index (κ2) is 10.1. The van der Waals surface area contributed by atoms with Crippen molar-refractivity contribution in [2.75, 3.05) is 6.54 Å². The van der Waals surface area contributed by atoms with Crippen molar-refractivity contribution in [2.45, 2.75) is 31.8 Å². The average molecular weight is 493 g/mol. The van der Waals surface area contributed by atoms with E-state index in [0.717, 1.165) is 60.1 Å². The number of hydrogen-bond acceptors (Lipinski definition) is 3. The summed E-state index contributed by atoms with van der Waals surface area (Å²) in [5.74, 6) is -0.802. The molecule has 8 heteroatoms. The second-order valence-electron chi connectivity index (χ2n) is 8.89. The molecule has 4 aromatic rings. The Morgan fingerprint density at radius 3 is 2.89 bits per heavy atom. The maximum atomic E-state index is 13.6. The number of H-pyrrole nitrogens is 2. The third kappa shape index (κ3) is 5.17. The zero-order valence-electron chi connectivity index (χ0n) is 19.0. The lowest BCUT2D eigenvalue weighted by atomic mass is 10.0. The predicted molar refractivity (Wildman–Crippen MR) is 135 cm³/mol. The minimum atomic E-state index is -0.556. The first kappa shape index (κ1) is 23.4. The maximum Gasteiger partial charge on any atom is 0.267 e. The minimum Gasteiger partial charge on any atom is -0.363 e. The normalized spacial score (nSPS) is 15.4. The number of aromatic amines is 2. The lowest BCUT2D eigenvalue weighted by molar-refractivity contribution is -0.124. The van der Waals surface area contributed by atoms with E-state index in [-0.39, 0.29) is 11.9 Å². The van der Waals surface area contributed by atoms with E-state index in [0.29, 0.717) is 5.02 Å². The van der Waals surface area contributed by atoms with Crippen LogP contribution in [-0.2, 0) is 24.2 Å². The van der Waals surface area contributed by atoms with Gasteiger partial charge in [-0.3, -0.25) is 14.9 Å². The Hall–Kier alpha value is -3.39. The van der Waals surface area contributed by atoms with Gasteiger partial charge in [-0.25, -0.2) is 9.87 Å². The van der Waals surface area contributed by atoms with Crippen molar-refractivity contribution in [2.24, 2.45) is 0 Å². The lowest BCUT2D eigenvalue weighted by Crippen LogP contribution is -2.29. The van der Waals surface area contributed by atoms with Gasteiger partial charge in [0.25, 0.3) is 5.91 Å². The van der Waals surface area contributed by atoms with Crippen LogP contribution in [0.5, 0.6) is 0 Å². The van der Waals surface area contributed by atoms with Crippen molar-refractivity contribution in [3.63, 3.8) is 0 Å². The molecule has 2 aromatic heterocycles. The summed E-state index contributed by atoms with van der Waals surface area (Å²) in [6.45, 7) is 1.55. The Morgan fingerprint density at radius 1 is 1.20 bits per heavy atom. The topological polar surface area (TPSA) is 84.2 Å². The van der Waals surface area contributed by atoms with E-state index in [1.807, 2.05) is 24.4 Å². The van der Waals surface area contributed by atoms with Gasteiger partial charge in [0.05, 0.1) is 5.02 Å². The van der Waals surface area contributed by atoms with Crippen molar-refractivity contribution >= 4 is 34.5 Å². The van der Waals surface area contributed by atoms with Gasteiger partial charge in [0, 0.05) is 54.2 Å². The summed E-state index contributed by atoms with van der Waals surface area (Å²) in [4.78, 5) is 20.2. The molecule has 1 unspecified atom stereocenters. The zero-order valence-corrected chi connectivity index (χ0v) is 19.8. The van der Waals surface area contributed by atoms with Crippen molar-refractivity contribution < 1.29 is 14.4 Å². The Bertz CT molecular complexity index is 1390. The Labute approximate surface area is 207 Å². The van der Waals surface area contributed by atoms with Gasteiger partial charge in [-0.05, 0) is 71.9 Å². The number of fused-ring (bicyclic) bond motifs is 2. The smallest absolute Gasteiger partial charge is 0.267 e. The number of nitrogens with zero attached hydrogens (tertiary/aromatic N) is 1. The average Bonchev–Trinajstić information content (AvgIpc) is 3.58. The van der Waals surface area contributed by atoms with E-state index in [1.54, 1.807) is 17.8 Å². The van der Waals surface area contributed by atoms with Gasteiger partial charge in [-0.1, -0.05) is 29.8 Å². The number of carbonyl (C=O) groups is 1. The van der Waals surface area contributed by atoms with Gasteiger partial charge in [0.15, 0.2) is 0 Å². The highest BCUT2D eigenvalue weighted by atomic mass is 35.5. The highest BCUT2D eigenvalue weighted by Crippen LogP contribution is 2.37. The molecule has 6 nitrogen and oxygen atoms in total. The van der Waals surface area contributed by atoms with Crippen LogP contribution < -0.4 is 5.48 Å². The molecule has 4 N–H and O–H groups in total. The van der Waals surface area contributed by atoms with Gasteiger partial charge >= 0.3 is 0 Å². The standard InChI is InChI=1S/C27H26ClFN4O2/c28-20-12-22(30-15-20)16-33(10-9-19-14-31-25-13-21(29)4-6-23(19)25)26-7-3-18-11-17(1-5-24(18)26)2-8-27(34)32-35/h1-2,4-6,8,11-15,26,30-31,35H,3,7,9-10,16H2,(H,32,34). The molecule has 2 aromatic carbocycles. The third-order valence-electron chi connectivity index (χ3n) is 6.67. The quantitative estimate of drug-likeness (QED) is 0.148. The lowest BCUT2D eigenvalue weighted by Gasteiger charge is -2.29. The third-order valence-corrected chi connectivity index (χ3v) is 6.89. The molecule has 0 bridgehead atoms. The number of aryl methyl sites for hydroxylation is 1. The van der Waals surface area contributed by atoms with E-state index in [4.69, 9.17) is 16.8 Å². The molecule has 0 radical (unpaired) electrons. The SMILES string of the molecule is O=C(C=Cc1ccc2c(c1)CCC2N(CCc1c[nH]c2cc(F)ccc12)Cc1cc(Cl)c[nH]1)NO. The summed E-state index contributed by atoms with van der Waals surface area (Å²) < 4.78 is 13.6. The maximum absolute atomic E-state index is 13.6. The molecular weight excluding hydrogens is 467 g/mol. The van der Waals surface area contributed by atoms with Crippen LogP contribution in [0.1, 0.15) is 40.4 Å². The first-order valence-corrected chi connectivity index (χ1v) is 12.0. The van der Waals surface area contributed by atoms with E-state index in [2.05, 4.69) is 27.0 Å². The predicted octanol–water partition coefficient (Wildman–Crippen LogP) is 5.54. The van der Waals surface area contributed by atoms with Crippen LogP contribution in [0.2, 0.25) is 5.02 Å². The Morgan fingerprint density at radius 2 is 2.09 bits per heavy atom. The molecule has 1 atom stereocenters. The number of benzene rings is 2. The van der Waals surface area contributed by atoms with Crippen LogP contribution in [0, 0.1) is 5.82 Å². The minimum absolute atomic E-state index is 0.244. The molecule has 180 valence electrons. The highest BCUT2D eigenvalue weighted by molar-refractivity contribution is 6.30. The fraction of sp³-hybridized carbons (Fsp3) is 0.222. The summed E-state index contributed by atoms with van der Waals surface area (Å²) >= 11 is 6.17. The number of carbonyl (C=O) groups excluding carboxylic acids is 1. The molecule has 35 heavy (non-hydrogen) atoms. The van der Waals surface area contributed by atoms with Crippen LogP contribution in [0.25, 0.3) is 17.0 Å². The van der Waals surface area contributed by atoms with E-state index in [9.17, 15) is 9.18 Å². The van der Waals surface area contributed by atoms with Gasteiger partial charge in [0.1, 0.15) is 5.82 Å². The Balaban J connectivity index is 1.38. The highest BCUT2D eigenvalue weighted by Gasteiger charge is 2.28. The monoisotopic (exact) mass is 492 g/mol. The molecular formula is C27H26ClFN4O2. The van der Waals surface area contributed by atoms with Crippen LogP contribution in [0.15, 0.2) is 60.9 Å². The molecule has 1 aliphatic rings. The van der Waals surface area contributed by atoms with Crippen LogP contribution >= 0.6 is 11.6 Å².